The molecule has 0 aliphatic heterocycles. The van der Waals surface area contributed by atoms with Gasteiger partial charge in [0.05, 0.1) is 11.3 Å². The molecule has 4 aliphatic rings. The summed E-state index contributed by atoms with van der Waals surface area (Å²) in [4.78, 5) is 36.3. The van der Waals surface area contributed by atoms with Gasteiger partial charge in [0.15, 0.2) is 6.61 Å². The number of carbonyl (C=O) groups is 3. The Labute approximate surface area is 176 Å². The summed E-state index contributed by atoms with van der Waals surface area (Å²) >= 11 is 0. The maximum atomic E-state index is 12.5. The molecule has 30 heavy (non-hydrogen) atoms. The first-order valence-corrected chi connectivity index (χ1v) is 10.7. The van der Waals surface area contributed by atoms with Crippen LogP contribution in [0.5, 0.6) is 0 Å². The lowest BCUT2D eigenvalue weighted by Gasteiger charge is -2.56. The number of nitrogens with one attached hydrogen (secondary N) is 2. The number of benzene rings is 1. The summed E-state index contributed by atoms with van der Waals surface area (Å²) in [6, 6.07) is 8.56. The van der Waals surface area contributed by atoms with Gasteiger partial charge in [-0.05, 0) is 73.8 Å². The summed E-state index contributed by atoms with van der Waals surface area (Å²) in [6.07, 6.45) is 7.88. The summed E-state index contributed by atoms with van der Waals surface area (Å²) < 4.78 is 4.95. The zero-order chi connectivity index (χ0) is 21.1. The number of anilines is 1. The van der Waals surface area contributed by atoms with Crippen molar-refractivity contribution in [3.8, 4) is 6.07 Å². The molecule has 1 aromatic rings. The number of hydrogen-bond donors (Lipinski definition) is 2. The highest BCUT2D eigenvalue weighted by atomic mass is 16.5. The van der Waals surface area contributed by atoms with Gasteiger partial charge in [0, 0.05) is 6.42 Å². The number of esters is 1. The third-order valence-electron chi connectivity index (χ3n) is 6.82. The Morgan fingerprint density at radius 1 is 1.03 bits per heavy atom. The van der Waals surface area contributed by atoms with Gasteiger partial charge in [-0.25, -0.2) is 0 Å². The highest BCUT2D eigenvalue weighted by molar-refractivity contribution is 5.94. The fraction of sp³-hybridized carbons (Fsp3) is 0.565. The molecule has 0 atom stereocenters. The Hall–Kier alpha value is -2.88. The molecule has 2 amide bonds. The fourth-order valence-electron chi connectivity index (χ4n) is 6.15. The molecule has 7 heteroatoms. The highest BCUT2D eigenvalue weighted by Gasteiger charge is 2.51. The van der Waals surface area contributed by atoms with Crippen molar-refractivity contribution in [3.05, 3.63) is 29.8 Å². The van der Waals surface area contributed by atoms with E-state index >= 15 is 0 Å². The standard InChI is InChI=1S/C23H27N3O4/c24-12-18-3-1-2-4-19(18)26-21(28)14-30-22(29)13-25-20(27)11-23-8-15-5-16(9-23)7-17(6-15)10-23/h1-4,15-17H,5-11,13-14H2,(H,25,27)(H,26,28). The Kier molecular flexibility index (Phi) is 5.76. The van der Waals surface area contributed by atoms with Crippen LogP contribution in [0.1, 0.15) is 50.5 Å². The lowest BCUT2D eigenvalue weighted by atomic mass is 9.49. The van der Waals surface area contributed by atoms with Gasteiger partial charge in [-0.2, -0.15) is 5.26 Å². The predicted molar refractivity (Wildman–Crippen MR) is 109 cm³/mol. The Morgan fingerprint density at radius 2 is 1.67 bits per heavy atom. The first-order valence-electron chi connectivity index (χ1n) is 10.7. The summed E-state index contributed by atoms with van der Waals surface area (Å²) in [5, 5.41) is 14.2. The molecular weight excluding hydrogens is 382 g/mol. The van der Waals surface area contributed by atoms with E-state index < -0.39 is 18.5 Å². The second kappa shape index (κ2) is 8.47. The van der Waals surface area contributed by atoms with Gasteiger partial charge in [0.1, 0.15) is 12.6 Å². The van der Waals surface area contributed by atoms with Gasteiger partial charge in [0.2, 0.25) is 5.91 Å². The summed E-state index contributed by atoms with van der Waals surface area (Å²) in [5.74, 6) is 1.03. The van der Waals surface area contributed by atoms with Crippen molar-refractivity contribution in [1.29, 1.82) is 5.26 Å². The van der Waals surface area contributed by atoms with E-state index in [-0.39, 0.29) is 17.9 Å². The Bertz CT molecular complexity index is 853. The molecular formula is C23H27N3O4. The molecule has 4 aliphatic carbocycles. The van der Waals surface area contributed by atoms with Crippen LogP contribution in [0.2, 0.25) is 0 Å². The molecule has 0 aromatic heterocycles. The second-order valence-corrected chi connectivity index (χ2v) is 9.24. The summed E-state index contributed by atoms with van der Waals surface area (Å²) in [5.41, 5.74) is 0.815. The van der Waals surface area contributed by atoms with Crippen LogP contribution in [-0.2, 0) is 19.1 Å². The van der Waals surface area contributed by atoms with Gasteiger partial charge < -0.3 is 15.4 Å². The average Bonchev–Trinajstić information content (AvgIpc) is 2.70. The van der Waals surface area contributed by atoms with Crippen molar-refractivity contribution >= 4 is 23.5 Å². The van der Waals surface area contributed by atoms with Crippen molar-refractivity contribution < 1.29 is 19.1 Å². The van der Waals surface area contributed by atoms with Crippen molar-refractivity contribution in [1.82, 2.24) is 5.32 Å². The lowest BCUT2D eigenvalue weighted by Crippen LogP contribution is -2.48. The molecule has 4 saturated carbocycles. The van der Waals surface area contributed by atoms with Crippen LogP contribution in [0.4, 0.5) is 5.69 Å². The van der Waals surface area contributed by atoms with Gasteiger partial charge in [-0.15, -0.1) is 0 Å². The molecule has 0 spiro atoms. The SMILES string of the molecule is N#Cc1ccccc1NC(=O)COC(=O)CNC(=O)CC12CC3CC(CC(C3)C1)C2. The zero-order valence-corrected chi connectivity index (χ0v) is 17.0. The van der Waals surface area contributed by atoms with Gasteiger partial charge in [-0.3, -0.25) is 14.4 Å². The van der Waals surface area contributed by atoms with Crippen LogP contribution < -0.4 is 10.6 Å². The lowest BCUT2D eigenvalue weighted by molar-refractivity contribution is -0.147. The fourth-order valence-corrected chi connectivity index (χ4v) is 6.15. The van der Waals surface area contributed by atoms with Gasteiger partial charge in [0.25, 0.3) is 5.91 Å². The van der Waals surface area contributed by atoms with Crippen LogP contribution in [0.3, 0.4) is 0 Å². The molecule has 158 valence electrons. The molecule has 4 bridgehead atoms. The molecule has 5 rings (SSSR count). The normalized spacial score (nSPS) is 28.4. The molecule has 0 unspecified atom stereocenters. The van der Waals surface area contributed by atoms with Crippen molar-refractivity contribution in [3.63, 3.8) is 0 Å². The average molecular weight is 409 g/mol. The number of rotatable bonds is 7. The first-order chi connectivity index (χ1) is 14.4. The van der Waals surface area contributed by atoms with Crippen LogP contribution >= 0.6 is 0 Å². The largest absolute Gasteiger partial charge is 0.454 e. The van der Waals surface area contributed by atoms with E-state index in [4.69, 9.17) is 10.00 Å². The van der Waals surface area contributed by atoms with Gasteiger partial charge >= 0.3 is 5.97 Å². The smallest absolute Gasteiger partial charge is 0.325 e. The topological polar surface area (TPSA) is 108 Å². The van der Waals surface area contributed by atoms with E-state index in [0.717, 1.165) is 37.0 Å². The molecule has 1 aromatic carbocycles. The number of carbonyl (C=O) groups excluding carboxylic acids is 3. The Morgan fingerprint density at radius 3 is 2.30 bits per heavy atom. The molecule has 0 radical (unpaired) electrons. The third-order valence-corrected chi connectivity index (χ3v) is 6.82. The Balaban J connectivity index is 1.18. The minimum atomic E-state index is -0.655. The predicted octanol–water partition coefficient (Wildman–Crippen LogP) is 2.76. The molecule has 2 N–H and O–H groups in total. The van der Waals surface area contributed by atoms with E-state index in [1.807, 2.05) is 6.07 Å². The minimum absolute atomic E-state index is 0.110. The van der Waals surface area contributed by atoms with Crippen LogP contribution in [-0.4, -0.2) is 30.9 Å². The quantitative estimate of drug-likeness (QED) is 0.673. The number of nitrogens with zero attached hydrogens (tertiary/aromatic N) is 1. The van der Waals surface area contributed by atoms with E-state index in [2.05, 4.69) is 10.6 Å². The third kappa shape index (κ3) is 4.64. The van der Waals surface area contributed by atoms with E-state index in [0.29, 0.717) is 17.7 Å². The molecule has 0 saturated heterocycles. The number of ether oxygens (including phenoxy) is 1. The first kappa shape index (κ1) is 20.4. The highest BCUT2D eigenvalue weighted by Crippen LogP contribution is 2.61. The monoisotopic (exact) mass is 409 g/mol. The van der Waals surface area contributed by atoms with Crippen LogP contribution in [0, 0.1) is 34.5 Å². The zero-order valence-electron chi connectivity index (χ0n) is 17.0. The minimum Gasteiger partial charge on any atom is -0.454 e. The maximum Gasteiger partial charge on any atom is 0.325 e. The van der Waals surface area contributed by atoms with E-state index in [1.165, 1.54) is 19.3 Å². The van der Waals surface area contributed by atoms with Crippen molar-refractivity contribution in [2.75, 3.05) is 18.5 Å². The molecule has 4 fully saturated rings. The van der Waals surface area contributed by atoms with Gasteiger partial charge in [-0.1, -0.05) is 12.1 Å². The number of hydrogen-bond acceptors (Lipinski definition) is 5. The summed E-state index contributed by atoms with van der Waals surface area (Å²) in [6.45, 7) is -0.712. The van der Waals surface area contributed by atoms with Crippen LogP contribution in [0.15, 0.2) is 24.3 Å². The maximum absolute atomic E-state index is 12.5. The number of nitriles is 1. The number of amides is 2. The second-order valence-electron chi connectivity index (χ2n) is 9.24. The van der Waals surface area contributed by atoms with Crippen molar-refractivity contribution in [2.24, 2.45) is 23.2 Å². The van der Waals surface area contributed by atoms with E-state index in [9.17, 15) is 14.4 Å². The molecule has 7 nitrogen and oxygen atoms in total. The summed E-state index contributed by atoms with van der Waals surface area (Å²) in [7, 11) is 0. The van der Waals surface area contributed by atoms with Crippen molar-refractivity contribution in [2.45, 2.75) is 44.9 Å². The number of para-hydroxylation sites is 1. The molecule has 0 heterocycles. The van der Waals surface area contributed by atoms with Crippen LogP contribution in [0.25, 0.3) is 0 Å². The van der Waals surface area contributed by atoms with E-state index in [1.54, 1.807) is 24.3 Å².